The van der Waals surface area contributed by atoms with Crippen LogP contribution in [0.15, 0.2) is 0 Å². The van der Waals surface area contributed by atoms with E-state index in [1.165, 1.54) is 0 Å². The van der Waals surface area contributed by atoms with Crippen LogP contribution in [0.4, 0.5) is 0 Å². The summed E-state index contributed by atoms with van der Waals surface area (Å²) in [5, 5.41) is 9.07. The number of morpholine rings is 1. The maximum Gasteiger partial charge on any atom is 0.0932 e. The summed E-state index contributed by atoms with van der Waals surface area (Å²) in [6.07, 6.45) is 0.924. The van der Waals surface area contributed by atoms with Crippen LogP contribution in [0.2, 0.25) is 0 Å². The third-order valence-corrected chi connectivity index (χ3v) is 3.45. The van der Waals surface area contributed by atoms with Crippen LogP contribution < -0.4 is 5.73 Å². The molecular weight excluding hydrogens is 208 g/mol. The molecule has 0 aliphatic carbocycles. The van der Waals surface area contributed by atoms with E-state index < -0.39 is 0 Å². The highest BCUT2D eigenvalue weighted by atomic mass is 16.5. The van der Waals surface area contributed by atoms with Gasteiger partial charge in [-0.1, -0.05) is 0 Å². The highest BCUT2D eigenvalue weighted by Crippen LogP contribution is 2.16. The van der Waals surface area contributed by atoms with Crippen LogP contribution in [0.3, 0.4) is 0 Å². The van der Waals surface area contributed by atoms with E-state index in [2.05, 4.69) is 4.90 Å². The Kier molecular flexibility index (Phi) is 4.55. The molecule has 2 rings (SSSR count). The highest BCUT2D eigenvalue weighted by Gasteiger charge is 2.27. The van der Waals surface area contributed by atoms with Crippen LogP contribution in [0.25, 0.3) is 0 Å². The first kappa shape index (κ1) is 12.3. The van der Waals surface area contributed by atoms with E-state index in [0.29, 0.717) is 12.5 Å². The van der Waals surface area contributed by atoms with E-state index in [9.17, 15) is 0 Å². The maximum atomic E-state index is 9.07. The molecule has 0 aromatic heterocycles. The maximum absolute atomic E-state index is 9.07. The fourth-order valence-electron chi connectivity index (χ4n) is 2.39. The topological polar surface area (TPSA) is 68.0 Å². The lowest BCUT2D eigenvalue weighted by molar-refractivity contribution is -0.0643. The second-order valence-electron chi connectivity index (χ2n) is 4.72. The first-order valence-electron chi connectivity index (χ1n) is 6.07. The van der Waals surface area contributed by atoms with Crippen molar-refractivity contribution >= 4 is 0 Å². The van der Waals surface area contributed by atoms with Crippen molar-refractivity contribution in [1.82, 2.24) is 4.90 Å². The van der Waals surface area contributed by atoms with E-state index in [1.807, 2.05) is 0 Å². The molecule has 16 heavy (non-hydrogen) atoms. The molecule has 2 saturated heterocycles. The summed E-state index contributed by atoms with van der Waals surface area (Å²) in [5.41, 5.74) is 6.08. The van der Waals surface area contributed by atoms with Gasteiger partial charge < -0.3 is 20.3 Å². The molecule has 2 aliphatic heterocycles. The number of hydrogen-bond acceptors (Lipinski definition) is 5. The predicted molar refractivity (Wildman–Crippen MR) is 60.2 cm³/mol. The van der Waals surface area contributed by atoms with Crippen molar-refractivity contribution < 1.29 is 14.6 Å². The summed E-state index contributed by atoms with van der Waals surface area (Å²) in [6, 6.07) is 0.254. The van der Waals surface area contributed by atoms with E-state index >= 15 is 0 Å². The van der Waals surface area contributed by atoms with Crippen molar-refractivity contribution in [3.05, 3.63) is 0 Å². The first-order chi connectivity index (χ1) is 7.79. The quantitative estimate of drug-likeness (QED) is 0.654. The highest BCUT2D eigenvalue weighted by molar-refractivity contribution is 4.81. The zero-order chi connectivity index (χ0) is 11.4. The van der Waals surface area contributed by atoms with Gasteiger partial charge in [-0.05, 0) is 6.42 Å². The van der Waals surface area contributed by atoms with Gasteiger partial charge >= 0.3 is 0 Å². The van der Waals surface area contributed by atoms with Gasteiger partial charge in [0, 0.05) is 38.2 Å². The smallest absolute Gasteiger partial charge is 0.0932 e. The Labute approximate surface area is 96.5 Å². The van der Waals surface area contributed by atoms with Crippen molar-refractivity contribution in [3.8, 4) is 0 Å². The number of nitrogens with zero attached hydrogens (tertiary/aromatic N) is 1. The molecule has 0 aromatic rings. The van der Waals surface area contributed by atoms with Crippen LogP contribution in [-0.2, 0) is 9.47 Å². The first-order valence-corrected chi connectivity index (χ1v) is 6.07. The Morgan fingerprint density at radius 3 is 3.00 bits per heavy atom. The van der Waals surface area contributed by atoms with E-state index in [0.717, 1.165) is 39.3 Å². The van der Waals surface area contributed by atoms with Gasteiger partial charge in [-0.25, -0.2) is 0 Å². The summed E-state index contributed by atoms with van der Waals surface area (Å²) >= 11 is 0. The van der Waals surface area contributed by atoms with Crippen LogP contribution in [0.5, 0.6) is 0 Å². The lowest BCUT2D eigenvalue weighted by atomic mass is 9.96. The third-order valence-electron chi connectivity index (χ3n) is 3.45. The number of aliphatic hydroxyl groups excluding tert-OH is 1. The minimum Gasteiger partial charge on any atom is -0.394 e. The fraction of sp³-hybridized carbons (Fsp3) is 1.00. The Morgan fingerprint density at radius 1 is 1.38 bits per heavy atom. The molecule has 0 bridgehead atoms. The molecule has 2 heterocycles. The van der Waals surface area contributed by atoms with Gasteiger partial charge in [0.2, 0.25) is 0 Å². The SMILES string of the molecule is NC1CCOCC1CN1CCOC(CO)C1. The summed E-state index contributed by atoms with van der Waals surface area (Å²) in [7, 11) is 0. The van der Waals surface area contributed by atoms with E-state index in [1.54, 1.807) is 0 Å². The van der Waals surface area contributed by atoms with Crippen LogP contribution in [-0.4, -0.2) is 68.2 Å². The van der Waals surface area contributed by atoms with Gasteiger partial charge in [0.1, 0.15) is 0 Å². The normalized spacial score (nSPS) is 37.5. The molecule has 0 saturated carbocycles. The standard InChI is InChI=1S/C11H22N2O3/c12-11-1-3-15-8-9(11)5-13-2-4-16-10(6-13)7-14/h9-11,14H,1-8,12H2. The average Bonchev–Trinajstić information content (AvgIpc) is 2.32. The fourth-order valence-corrected chi connectivity index (χ4v) is 2.39. The van der Waals surface area contributed by atoms with Gasteiger partial charge in [-0.2, -0.15) is 0 Å². The molecule has 3 N–H and O–H groups in total. The molecular formula is C11H22N2O3. The number of aliphatic hydroxyl groups is 1. The molecule has 2 fully saturated rings. The van der Waals surface area contributed by atoms with Crippen molar-refractivity contribution in [1.29, 1.82) is 0 Å². The number of nitrogens with two attached hydrogens (primary N) is 1. The molecule has 0 spiro atoms. The van der Waals surface area contributed by atoms with Crippen molar-refractivity contribution in [2.24, 2.45) is 11.7 Å². The van der Waals surface area contributed by atoms with Crippen molar-refractivity contribution in [2.45, 2.75) is 18.6 Å². The van der Waals surface area contributed by atoms with Crippen molar-refractivity contribution in [2.75, 3.05) is 46.1 Å². The lowest BCUT2D eigenvalue weighted by Gasteiger charge is -2.37. The van der Waals surface area contributed by atoms with Gasteiger partial charge in [0.15, 0.2) is 0 Å². The Bertz CT molecular complexity index is 215. The molecule has 5 heteroatoms. The Morgan fingerprint density at radius 2 is 2.25 bits per heavy atom. The van der Waals surface area contributed by atoms with Gasteiger partial charge in [-0.3, -0.25) is 4.90 Å². The summed E-state index contributed by atoms with van der Waals surface area (Å²) < 4.78 is 10.9. The Balaban J connectivity index is 1.79. The minimum absolute atomic E-state index is 0.0329. The minimum atomic E-state index is -0.0329. The Hall–Kier alpha value is -0.200. The van der Waals surface area contributed by atoms with Crippen molar-refractivity contribution in [3.63, 3.8) is 0 Å². The predicted octanol–water partition coefficient (Wildman–Crippen LogP) is -0.957. The molecule has 2 aliphatic rings. The second-order valence-corrected chi connectivity index (χ2v) is 4.72. The number of hydrogen-bond donors (Lipinski definition) is 2. The molecule has 3 unspecified atom stereocenters. The lowest BCUT2D eigenvalue weighted by Crippen LogP contribution is -2.50. The third kappa shape index (κ3) is 3.15. The van der Waals surface area contributed by atoms with Gasteiger partial charge in [-0.15, -0.1) is 0 Å². The molecule has 0 aromatic carbocycles. The summed E-state index contributed by atoms with van der Waals surface area (Å²) in [4.78, 5) is 2.32. The molecule has 0 amide bonds. The van der Waals surface area contributed by atoms with Gasteiger partial charge in [0.05, 0.1) is 25.9 Å². The summed E-state index contributed by atoms with van der Waals surface area (Å²) in [5.74, 6) is 0.422. The van der Waals surface area contributed by atoms with Gasteiger partial charge in [0.25, 0.3) is 0 Å². The van der Waals surface area contributed by atoms with Crippen LogP contribution >= 0.6 is 0 Å². The second kappa shape index (κ2) is 5.93. The average molecular weight is 230 g/mol. The monoisotopic (exact) mass is 230 g/mol. The van der Waals surface area contributed by atoms with Crippen LogP contribution in [0, 0.1) is 5.92 Å². The molecule has 5 nitrogen and oxygen atoms in total. The molecule has 3 atom stereocenters. The summed E-state index contributed by atoms with van der Waals surface area (Å²) in [6.45, 7) is 5.06. The van der Waals surface area contributed by atoms with Crippen LogP contribution in [0.1, 0.15) is 6.42 Å². The van der Waals surface area contributed by atoms with E-state index in [4.69, 9.17) is 20.3 Å². The zero-order valence-corrected chi connectivity index (χ0v) is 9.68. The number of ether oxygens (including phenoxy) is 2. The molecule has 0 radical (unpaired) electrons. The largest absolute Gasteiger partial charge is 0.394 e. The zero-order valence-electron chi connectivity index (χ0n) is 9.68. The number of rotatable bonds is 3. The molecule has 94 valence electrons. The van der Waals surface area contributed by atoms with E-state index in [-0.39, 0.29) is 18.8 Å².